The molecule has 1 aliphatic heterocycles. The van der Waals surface area contributed by atoms with E-state index < -0.39 is 56.8 Å². The molecule has 3 saturated carbocycles. The molecular weight excluding hydrogens is 841 g/mol. The van der Waals surface area contributed by atoms with Gasteiger partial charge in [-0.3, -0.25) is 19.1 Å². The van der Waals surface area contributed by atoms with E-state index in [9.17, 15) is 27.6 Å². The largest absolute Gasteiger partial charge is 0.470 e. The van der Waals surface area contributed by atoms with Crippen LogP contribution in [-0.2, 0) is 34.6 Å². The summed E-state index contributed by atoms with van der Waals surface area (Å²) in [5.41, 5.74) is 7.84. The van der Waals surface area contributed by atoms with Gasteiger partial charge in [0.15, 0.2) is 5.82 Å². The quantitative estimate of drug-likeness (QED) is 0.0703. The summed E-state index contributed by atoms with van der Waals surface area (Å²) in [6, 6.07) is 7.43. The molecule has 16 nitrogen and oxygen atoms in total. The molecule has 4 aromatic rings. The highest BCUT2D eigenvalue weighted by atomic mass is 32.2. The smallest absolute Gasteiger partial charge is 0.408 e. The number of hydrogen-bond donors (Lipinski definition) is 3. The first kappa shape index (κ1) is 45.1. The number of allylic oxidation sites excluding steroid dienone is 2. The fourth-order valence-corrected chi connectivity index (χ4v) is 10.1. The van der Waals surface area contributed by atoms with E-state index in [2.05, 4.69) is 30.8 Å². The van der Waals surface area contributed by atoms with E-state index >= 15 is 0 Å². The molecule has 0 bridgehead atoms. The molecular formula is C47H60N6O10S. The van der Waals surface area contributed by atoms with Crippen molar-refractivity contribution in [2.45, 2.75) is 153 Å². The average molecular weight is 901 g/mol. The Kier molecular flexibility index (Phi) is 12.6. The topological polar surface area (TPSA) is 226 Å². The van der Waals surface area contributed by atoms with Gasteiger partial charge in [-0.05, 0) is 102 Å². The number of carbonyl (C=O) groups excluding carboxylic acids is 4. The third kappa shape index (κ3) is 9.78. The third-order valence-electron chi connectivity index (χ3n) is 13.2. The van der Waals surface area contributed by atoms with Gasteiger partial charge in [-0.1, -0.05) is 57.9 Å². The van der Waals surface area contributed by atoms with Gasteiger partial charge < -0.3 is 34.3 Å². The van der Waals surface area contributed by atoms with Crippen molar-refractivity contribution in [1.82, 2.24) is 24.9 Å². The first-order chi connectivity index (χ1) is 30.4. The molecule has 8 rings (SSSR count). The Labute approximate surface area is 373 Å². The molecule has 4 amide bonds. The highest BCUT2D eigenvalue weighted by Gasteiger charge is 2.52. The molecule has 0 unspecified atom stereocenters. The van der Waals surface area contributed by atoms with E-state index in [1.165, 1.54) is 4.90 Å². The number of para-hydroxylation sites is 1. The van der Waals surface area contributed by atoms with Crippen LogP contribution in [0.15, 0.2) is 51.3 Å². The van der Waals surface area contributed by atoms with Gasteiger partial charge in [0.2, 0.25) is 33.3 Å². The van der Waals surface area contributed by atoms with E-state index in [4.69, 9.17) is 34.0 Å². The average Bonchev–Trinajstić information content (AvgIpc) is 3.86. The number of primary amides is 1. The van der Waals surface area contributed by atoms with Crippen molar-refractivity contribution in [3.63, 3.8) is 0 Å². The van der Waals surface area contributed by atoms with Crippen LogP contribution in [0.5, 0.6) is 5.88 Å². The number of sulfonamides is 1. The molecule has 0 spiro atoms. The van der Waals surface area contributed by atoms with Gasteiger partial charge in [0.1, 0.15) is 46.9 Å². The SMILES string of the molecule is Cc1oc(C(C)(C)C)cc1-c1nc(O[C@@H]2C[C@@H](C(N)=O)N(C(=O)[C@H](CCCCC/C=C\[C@@H]3C[C@@H]3C(=O)NS(=O)(=O)C3(C)CC3)NC(=O)OC3CCCC3)C2)c2oc3ccccc3c2n1. The zero-order valence-corrected chi connectivity index (χ0v) is 38.1. The lowest BCUT2D eigenvalue weighted by atomic mass is 9.93. The molecule has 4 heterocycles. The maximum atomic E-state index is 14.5. The Hall–Kier alpha value is -5.45. The number of likely N-dealkylation sites (tertiary alicyclic amines) is 1. The minimum absolute atomic E-state index is 0.00150. The number of ether oxygens (including phenoxy) is 2. The number of alkyl carbamates (subject to hydrolysis) is 1. The monoisotopic (exact) mass is 900 g/mol. The predicted molar refractivity (Wildman–Crippen MR) is 238 cm³/mol. The molecule has 64 heavy (non-hydrogen) atoms. The molecule has 344 valence electrons. The van der Waals surface area contributed by atoms with Gasteiger partial charge in [-0.15, -0.1) is 0 Å². The number of unbranched alkanes of at least 4 members (excludes halogenated alkanes) is 3. The summed E-state index contributed by atoms with van der Waals surface area (Å²) < 4.78 is 51.0. The molecule has 5 atom stereocenters. The van der Waals surface area contributed by atoms with Gasteiger partial charge >= 0.3 is 6.09 Å². The zero-order valence-electron chi connectivity index (χ0n) is 37.3. The van der Waals surface area contributed by atoms with Crippen molar-refractivity contribution in [1.29, 1.82) is 0 Å². The maximum absolute atomic E-state index is 14.5. The van der Waals surface area contributed by atoms with E-state index in [1.54, 1.807) is 6.92 Å². The molecule has 0 radical (unpaired) electrons. The number of nitrogens with one attached hydrogen (secondary N) is 2. The van der Waals surface area contributed by atoms with Crippen LogP contribution in [0.2, 0.25) is 0 Å². The summed E-state index contributed by atoms with van der Waals surface area (Å²) in [5, 5.41) is 3.58. The first-order valence-electron chi connectivity index (χ1n) is 22.7. The number of benzene rings is 1. The Morgan fingerprint density at radius 2 is 1.78 bits per heavy atom. The number of hydrogen-bond acceptors (Lipinski definition) is 12. The Bertz CT molecular complexity index is 2570. The normalized spacial score (nSPS) is 22.5. The molecule has 4 N–H and O–H groups in total. The molecule has 17 heteroatoms. The number of rotatable bonds is 17. The Balaban J connectivity index is 0.937. The molecule has 1 aromatic carbocycles. The number of amides is 4. The van der Waals surface area contributed by atoms with E-state index in [0.29, 0.717) is 65.9 Å². The first-order valence-corrected chi connectivity index (χ1v) is 24.2. The van der Waals surface area contributed by atoms with Crippen molar-refractivity contribution in [3.8, 4) is 17.3 Å². The number of nitrogens with zero attached hydrogens (tertiary/aromatic N) is 3. The Morgan fingerprint density at radius 3 is 2.48 bits per heavy atom. The van der Waals surface area contributed by atoms with E-state index in [0.717, 1.165) is 56.1 Å². The van der Waals surface area contributed by atoms with Crippen LogP contribution in [0.25, 0.3) is 33.5 Å². The summed E-state index contributed by atoms with van der Waals surface area (Å²) in [6.07, 6.45) is 10.8. The molecule has 3 aliphatic carbocycles. The zero-order chi connectivity index (χ0) is 45.6. The molecule has 3 aromatic heterocycles. The fraction of sp³-hybridized carbons (Fsp3) is 0.574. The van der Waals surface area contributed by atoms with Gasteiger partial charge in [0, 0.05) is 23.1 Å². The van der Waals surface area contributed by atoms with Crippen molar-refractivity contribution in [3.05, 3.63) is 54.0 Å². The third-order valence-corrected chi connectivity index (χ3v) is 15.3. The second-order valence-electron chi connectivity index (χ2n) is 19.3. The van der Waals surface area contributed by atoms with E-state index in [1.807, 2.05) is 49.4 Å². The second-order valence-corrected chi connectivity index (χ2v) is 21.5. The summed E-state index contributed by atoms with van der Waals surface area (Å²) >= 11 is 0. The summed E-state index contributed by atoms with van der Waals surface area (Å²) in [5.74, 6) is 0.00783. The molecule has 1 saturated heterocycles. The van der Waals surface area contributed by atoms with Crippen LogP contribution in [0.3, 0.4) is 0 Å². The van der Waals surface area contributed by atoms with Crippen LogP contribution >= 0.6 is 0 Å². The van der Waals surface area contributed by atoms with Crippen LogP contribution in [0.4, 0.5) is 4.79 Å². The van der Waals surface area contributed by atoms with Gasteiger partial charge in [0.05, 0.1) is 16.9 Å². The number of furan rings is 2. The lowest BCUT2D eigenvalue weighted by molar-refractivity contribution is -0.139. The van der Waals surface area contributed by atoms with Crippen molar-refractivity contribution < 1.29 is 45.9 Å². The number of carbonyl (C=O) groups is 4. The Morgan fingerprint density at radius 1 is 1.03 bits per heavy atom. The fourth-order valence-electron chi connectivity index (χ4n) is 8.75. The van der Waals surface area contributed by atoms with E-state index in [-0.39, 0.29) is 42.2 Å². The summed E-state index contributed by atoms with van der Waals surface area (Å²) in [7, 11) is -3.66. The summed E-state index contributed by atoms with van der Waals surface area (Å²) in [4.78, 5) is 64.4. The van der Waals surface area contributed by atoms with Crippen LogP contribution in [-0.4, -0.2) is 82.7 Å². The number of nitrogens with two attached hydrogens (primary N) is 1. The van der Waals surface area contributed by atoms with Crippen LogP contribution in [0.1, 0.15) is 123 Å². The standard InChI is InChI=1S/C47H60N6O10S/c1-27-32(25-37(60-27)46(2,3)4)41-50-38-31-18-13-14-20-36(31)63-39(38)43(51-41)61-30-24-35(40(48)54)53(26-30)44(56)34(49-45(57)62-29-16-11-12-17-29)19-10-8-6-7-9-15-28-23-33(28)42(55)52-64(58,59)47(5)21-22-47/h9,13-15,18,20,25,28-30,33-35H,6-8,10-12,16-17,19,21-24,26H2,1-5H3,(H2,48,54)(H,49,57)(H,52,55)/b15-9-/t28-,30-,33+,34+,35+/m1/s1. The van der Waals surface area contributed by atoms with Crippen LogP contribution < -0.4 is 20.5 Å². The maximum Gasteiger partial charge on any atom is 0.408 e. The van der Waals surface area contributed by atoms with Gasteiger partial charge in [0.25, 0.3) is 5.88 Å². The van der Waals surface area contributed by atoms with Gasteiger partial charge in [-0.2, -0.15) is 4.98 Å². The van der Waals surface area contributed by atoms with Crippen LogP contribution in [0, 0.1) is 18.8 Å². The predicted octanol–water partition coefficient (Wildman–Crippen LogP) is 7.25. The van der Waals surface area contributed by atoms with Gasteiger partial charge in [-0.25, -0.2) is 18.2 Å². The minimum atomic E-state index is -3.66. The van der Waals surface area contributed by atoms with Crippen molar-refractivity contribution in [2.75, 3.05) is 6.54 Å². The highest BCUT2D eigenvalue weighted by molar-refractivity contribution is 7.91. The lowest BCUT2D eigenvalue weighted by Crippen LogP contribution is -2.53. The number of aryl methyl sites for hydroxylation is 1. The molecule has 4 aliphatic rings. The summed E-state index contributed by atoms with van der Waals surface area (Å²) in [6.45, 7) is 9.69. The lowest BCUT2D eigenvalue weighted by Gasteiger charge is -2.28. The molecule has 4 fully saturated rings. The van der Waals surface area contributed by atoms with Crippen molar-refractivity contribution in [2.24, 2.45) is 17.6 Å². The number of fused-ring (bicyclic) bond motifs is 3. The number of aromatic nitrogens is 2. The highest BCUT2D eigenvalue weighted by Crippen LogP contribution is 2.44. The minimum Gasteiger partial charge on any atom is -0.470 e. The second kappa shape index (κ2) is 17.8. The van der Waals surface area contributed by atoms with Crippen molar-refractivity contribution >= 4 is 55.9 Å².